The molecule has 0 radical (unpaired) electrons. The predicted octanol–water partition coefficient (Wildman–Crippen LogP) is 3.77. The van der Waals surface area contributed by atoms with Crippen molar-refractivity contribution in [2.24, 2.45) is 0 Å². The van der Waals surface area contributed by atoms with Crippen LogP contribution in [0.15, 0.2) is 9.66 Å². The second kappa shape index (κ2) is 5.06. The van der Waals surface area contributed by atoms with Crippen molar-refractivity contribution < 1.29 is 44.6 Å². The van der Waals surface area contributed by atoms with Crippen molar-refractivity contribution in [3.63, 3.8) is 0 Å². The van der Waals surface area contributed by atoms with Crippen LogP contribution in [0.2, 0.25) is 0 Å². The topological polar surface area (TPSA) is 20.2 Å². The van der Waals surface area contributed by atoms with Gasteiger partial charge in [0.1, 0.15) is 0 Å². The molecule has 0 aromatic heterocycles. The number of allylic oxidation sites excluding steroid dienone is 1. The lowest BCUT2D eigenvalue weighted by molar-refractivity contribution is -0.388. The van der Waals surface area contributed by atoms with E-state index in [9.17, 15) is 39.5 Å². The molecule has 0 aliphatic rings. The van der Waals surface area contributed by atoms with Gasteiger partial charge in [0.2, 0.25) is 0 Å². The molecule has 1 N–H and O–H groups in total. The molecule has 0 fully saturated rings. The first-order chi connectivity index (χ1) is 7.70. The van der Waals surface area contributed by atoms with Gasteiger partial charge in [-0.2, -0.15) is 39.5 Å². The largest absolute Gasteiger partial charge is 0.460 e. The highest BCUT2D eigenvalue weighted by atomic mass is 127. The molecule has 0 aromatic carbocycles. The van der Waals surface area contributed by atoms with Crippen molar-refractivity contribution in [2.75, 3.05) is 6.61 Å². The summed E-state index contributed by atoms with van der Waals surface area (Å²) in [5, 5.41) is 8.26. The molecule has 0 saturated carbocycles. The highest BCUT2D eigenvalue weighted by Gasteiger charge is 2.81. The molecule has 0 rings (SSSR count). The van der Waals surface area contributed by atoms with Crippen LogP contribution in [0.4, 0.5) is 39.5 Å². The van der Waals surface area contributed by atoms with Gasteiger partial charge in [0, 0.05) is 9.66 Å². The average molecular weight is 402 g/mol. The zero-order valence-corrected chi connectivity index (χ0v) is 10.2. The van der Waals surface area contributed by atoms with Crippen molar-refractivity contribution in [3.05, 3.63) is 9.66 Å². The van der Waals surface area contributed by atoms with Gasteiger partial charge in [-0.25, -0.2) is 0 Å². The normalized spacial score (nSPS) is 16.1. The van der Waals surface area contributed by atoms with Crippen LogP contribution in [0.3, 0.4) is 0 Å². The summed E-state index contributed by atoms with van der Waals surface area (Å²) in [5.41, 5.74) is 0. The number of halogens is 10. The maximum atomic E-state index is 12.7. The zero-order chi connectivity index (χ0) is 15.0. The van der Waals surface area contributed by atoms with Gasteiger partial charge < -0.3 is 5.11 Å². The average Bonchev–Trinajstić information content (AvgIpc) is 2.14. The van der Waals surface area contributed by atoms with Gasteiger partial charge in [-0.3, -0.25) is 0 Å². The van der Waals surface area contributed by atoms with E-state index in [4.69, 9.17) is 5.11 Å². The fourth-order valence-corrected chi connectivity index (χ4v) is 1.11. The summed E-state index contributed by atoms with van der Waals surface area (Å²) in [5.74, 6) is -19.4. The van der Waals surface area contributed by atoms with Crippen molar-refractivity contribution in [2.45, 2.75) is 23.9 Å². The highest BCUT2D eigenvalue weighted by Crippen LogP contribution is 2.53. The SMILES string of the molecule is OC/C(I)=C/C(F)(F)C(F)(F)C(F)(F)C(F)(F)F. The molecule has 0 saturated heterocycles. The van der Waals surface area contributed by atoms with Gasteiger partial charge in [0.15, 0.2) is 0 Å². The fraction of sp³-hybridized carbons (Fsp3) is 0.714. The second-order valence-corrected chi connectivity index (χ2v) is 4.40. The monoisotopic (exact) mass is 402 g/mol. The Kier molecular flexibility index (Phi) is 5.00. The van der Waals surface area contributed by atoms with E-state index in [2.05, 4.69) is 0 Å². The minimum absolute atomic E-state index is 0.840. The minimum atomic E-state index is -6.91. The molecule has 0 unspecified atom stereocenters. The van der Waals surface area contributed by atoms with Crippen molar-refractivity contribution in [1.29, 1.82) is 0 Å². The van der Waals surface area contributed by atoms with E-state index in [1.54, 1.807) is 0 Å². The van der Waals surface area contributed by atoms with Crippen molar-refractivity contribution >= 4 is 22.6 Å². The summed E-state index contributed by atoms with van der Waals surface area (Å²) < 4.78 is 109. The molecule has 18 heavy (non-hydrogen) atoms. The molecule has 0 aromatic rings. The summed E-state index contributed by atoms with van der Waals surface area (Å²) in [4.78, 5) is 0. The van der Waals surface area contributed by atoms with E-state index in [1.807, 2.05) is 0 Å². The molecule has 0 aliphatic carbocycles. The van der Waals surface area contributed by atoms with Gasteiger partial charge in [0.05, 0.1) is 6.61 Å². The van der Waals surface area contributed by atoms with Gasteiger partial charge >= 0.3 is 23.9 Å². The van der Waals surface area contributed by atoms with Crippen molar-refractivity contribution in [3.8, 4) is 0 Å². The molecule has 108 valence electrons. The lowest BCUT2D eigenvalue weighted by Crippen LogP contribution is -2.60. The number of hydrogen-bond acceptors (Lipinski definition) is 1. The van der Waals surface area contributed by atoms with Crippen LogP contribution in [0.5, 0.6) is 0 Å². The standard InChI is InChI=1S/C7H4F9IO/c8-4(9,1-3(17)2-18)5(10,11)6(12,13)7(14,15)16/h1,18H,2H2/b3-1-. The molecule has 0 aliphatic heterocycles. The fourth-order valence-electron chi connectivity index (χ4n) is 0.720. The Hall–Kier alpha value is -0.200. The molecule has 0 heterocycles. The van der Waals surface area contributed by atoms with Crippen LogP contribution in [-0.4, -0.2) is 35.7 Å². The number of aliphatic hydroxyl groups is 1. The molecule has 1 nitrogen and oxygen atoms in total. The molecule has 0 amide bonds. The third-order valence-electron chi connectivity index (χ3n) is 1.66. The summed E-state index contributed by atoms with van der Waals surface area (Å²) in [6, 6.07) is 0. The Bertz CT molecular complexity index is 332. The third kappa shape index (κ3) is 3.03. The first-order valence-corrected chi connectivity index (χ1v) is 4.97. The summed E-state index contributed by atoms with van der Waals surface area (Å²) >= 11 is 0.891. The first-order valence-electron chi connectivity index (χ1n) is 3.89. The van der Waals surface area contributed by atoms with Crippen molar-refractivity contribution in [1.82, 2.24) is 0 Å². The van der Waals surface area contributed by atoms with Gasteiger partial charge in [-0.05, 0) is 22.6 Å². The Morgan fingerprint density at radius 2 is 1.28 bits per heavy atom. The van der Waals surface area contributed by atoms with Gasteiger partial charge in [-0.1, -0.05) is 0 Å². The Labute approximate surface area is 108 Å². The Morgan fingerprint density at radius 3 is 1.56 bits per heavy atom. The maximum absolute atomic E-state index is 12.7. The Balaban J connectivity index is 5.64. The summed E-state index contributed by atoms with van der Waals surface area (Å²) in [6.07, 6.45) is -7.67. The minimum Gasteiger partial charge on any atom is -0.391 e. The molecule has 11 heteroatoms. The lowest BCUT2D eigenvalue weighted by Gasteiger charge is -2.32. The van der Waals surface area contributed by atoms with E-state index in [-0.39, 0.29) is 0 Å². The summed E-state index contributed by atoms with van der Waals surface area (Å²) in [6.45, 7) is -1.20. The highest BCUT2D eigenvalue weighted by molar-refractivity contribution is 14.1. The van der Waals surface area contributed by atoms with Crippen LogP contribution in [0, 0.1) is 0 Å². The first kappa shape index (κ1) is 17.8. The maximum Gasteiger partial charge on any atom is 0.460 e. The smallest absolute Gasteiger partial charge is 0.391 e. The van der Waals surface area contributed by atoms with E-state index in [0.717, 1.165) is 22.6 Å². The predicted molar refractivity (Wildman–Crippen MR) is 50.1 cm³/mol. The number of hydrogen-bond donors (Lipinski definition) is 1. The van der Waals surface area contributed by atoms with E-state index in [0.29, 0.717) is 0 Å². The van der Waals surface area contributed by atoms with Crippen LogP contribution >= 0.6 is 22.6 Å². The molecular formula is C7H4F9IO. The third-order valence-corrected chi connectivity index (χ3v) is 2.31. The molecule has 0 bridgehead atoms. The van der Waals surface area contributed by atoms with E-state index >= 15 is 0 Å². The van der Waals surface area contributed by atoms with Crippen LogP contribution in [0.1, 0.15) is 0 Å². The van der Waals surface area contributed by atoms with Crippen LogP contribution < -0.4 is 0 Å². The lowest BCUT2D eigenvalue weighted by atomic mass is 10.0. The second-order valence-electron chi connectivity index (χ2n) is 3.02. The quantitative estimate of drug-likeness (QED) is 0.561. The van der Waals surface area contributed by atoms with Gasteiger partial charge in [-0.15, -0.1) is 0 Å². The Morgan fingerprint density at radius 1 is 0.889 bits per heavy atom. The van der Waals surface area contributed by atoms with E-state index in [1.165, 1.54) is 0 Å². The number of alkyl halides is 9. The summed E-state index contributed by atoms with van der Waals surface area (Å²) in [7, 11) is 0. The van der Waals surface area contributed by atoms with E-state index < -0.39 is 40.2 Å². The number of rotatable bonds is 4. The number of aliphatic hydroxyl groups excluding tert-OH is 1. The van der Waals surface area contributed by atoms with Crippen LogP contribution in [0.25, 0.3) is 0 Å². The van der Waals surface area contributed by atoms with Gasteiger partial charge in [0.25, 0.3) is 0 Å². The van der Waals surface area contributed by atoms with Crippen LogP contribution in [-0.2, 0) is 0 Å². The molecule has 0 atom stereocenters. The zero-order valence-electron chi connectivity index (χ0n) is 8.01. The molecular weight excluding hydrogens is 398 g/mol. The molecule has 0 spiro atoms.